The van der Waals surface area contributed by atoms with Gasteiger partial charge in [-0.25, -0.2) is 0 Å². The van der Waals surface area contributed by atoms with Gasteiger partial charge in [-0.1, -0.05) is 23.7 Å². The molecule has 0 radical (unpaired) electrons. The lowest BCUT2D eigenvalue weighted by molar-refractivity contribution is 0.521. The second-order valence-corrected chi connectivity index (χ2v) is 4.87. The number of halogens is 1. The summed E-state index contributed by atoms with van der Waals surface area (Å²) in [7, 11) is 0. The van der Waals surface area contributed by atoms with E-state index in [1.807, 2.05) is 13.0 Å². The van der Waals surface area contributed by atoms with E-state index in [-0.39, 0.29) is 0 Å². The molecule has 1 aliphatic rings. The average Bonchev–Trinajstić information content (AvgIpc) is 2.93. The Morgan fingerprint density at radius 1 is 1.43 bits per heavy atom. The number of aryl methyl sites for hydroxylation is 1. The minimum atomic E-state index is 0.417. The molecule has 0 amide bonds. The normalized spacial score (nSPS) is 18.2. The van der Waals surface area contributed by atoms with Crippen LogP contribution in [0.25, 0.3) is 0 Å². The molecule has 0 aromatic heterocycles. The Hall–Kier alpha value is -0.530. The van der Waals surface area contributed by atoms with Gasteiger partial charge in [-0.05, 0) is 55.3 Å². The molecule has 2 rings (SSSR count). The van der Waals surface area contributed by atoms with Gasteiger partial charge in [0.1, 0.15) is 0 Å². The standard InChI is InChI=1S/C12H16ClN/c1-9-6-10(2-3-11(9)13)7-12(8-14)4-5-12/h2-3,6H,4-5,7-8,14H2,1H3. The molecule has 1 saturated carbocycles. The van der Waals surface area contributed by atoms with E-state index in [1.54, 1.807) is 0 Å². The molecule has 14 heavy (non-hydrogen) atoms. The van der Waals surface area contributed by atoms with Crippen LogP contribution in [0.5, 0.6) is 0 Å². The first-order chi connectivity index (χ1) is 6.65. The van der Waals surface area contributed by atoms with Crippen molar-refractivity contribution in [2.75, 3.05) is 6.54 Å². The molecular formula is C12H16ClN. The average molecular weight is 210 g/mol. The summed E-state index contributed by atoms with van der Waals surface area (Å²) in [6, 6.07) is 6.28. The van der Waals surface area contributed by atoms with Crippen molar-refractivity contribution in [3.8, 4) is 0 Å². The van der Waals surface area contributed by atoms with Crippen LogP contribution in [-0.2, 0) is 6.42 Å². The van der Waals surface area contributed by atoms with E-state index in [9.17, 15) is 0 Å². The monoisotopic (exact) mass is 209 g/mol. The Morgan fingerprint density at radius 3 is 2.64 bits per heavy atom. The highest BCUT2D eigenvalue weighted by Gasteiger charge is 2.40. The van der Waals surface area contributed by atoms with Crippen LogP contribution in [0.15, 0.2) is 18.2 Å². The summed E-state index contributed by atoms with van der Waals surface area (Å²) in [6.07, 6.45) is 3.68. The molecule has 1 fully saturated rings. The first-order valence-corrected chi connectivity index (χ1v) is 5.48. The van der Waals surface area contributed by atoms with Crippen molar-refractivity contribution in [3.05, 3.63) is 34.3 Å². The summed E-state index contributed by atoms with van der Waals surface area (Å²) in [5.74, 6) is 0. The van der Waals surface area contributed by atoms with Gasteiger partial charge in [0, 0.05) is 5.02 Å². The Bertz CT molecular complexity index is 342. The van der Waals surface area contributed by atoms with E-state index >= 15 is 0 Å². The molecule has 76 valence electrons. The zero-order valence-electron chi connectivity index (χ0n) is 8.52. The van der Waals surface area contributed by atoms with Gasteiger partial charge in [0.15, 0.2) is 0 Å². The van der Waals surface area contributed by atoms with E-state index in [0.717, 1.165) is 23.6 Å². The van der Waals surface area contributed by atoms with E-state index in [2.05, 4.69) is 12.1 Å². The Kier molecular flexibility index (Phi) is 2.54. The summed E-state index contributed by atoms with van der Waals surface area (Å²) < 4.78 is 0. The smallest absolute Gasteiger partial charge is 0.0435 e. The molecule has 1 aliphatic carbocycles. The maximum atomic E-state index is 5.98. The molecule has 0 spiro atoms. The van der Waals surface area contributed by atoms with Gasteiger partial charge in [-0.15, -0.1) is 0 Å². The molecule has 0 bridgehead atoms. The van der Waals surface area contributed by atoms with Crippen LogP contribution in [0.3, 0.4) is 0 Å². The molecule has 2 N–H and O–H groups in total. The van der Waals surface area contributed by atoms with Crippen LogP contribution in [0.4, 0.5) is 0 Å². The summed E-state index contributed by atoms with van der Waals surface area (Å²) in [6.45, 7) is 2.86. The number of nitrogens with two attached hydrogens (primary N) is 1. The second kappa shape index (κ2) is 3.56. The van der Waals surface area contributed by atoms with Gasteiger partial charge in [0.2, 0.25) is 0 Å². The van der Waals surface area contributed by atoms with Crippen LogP contribution in [-0.4, -0.2) is 6.54 Å². The van der Waals surface area contributed by atoms with Crippen molar-refractivity contribution in [1.82, 2.24) is 0 Å². The topological polar surface area (TPSA) is 26.0 Å². The first-order valence-electron chi connectivity index (χ1n) is 5.10. The van der Waals surface area contributed by atoms with E-state index < -0.39 is 0 Å². The van der Waals surface area contributed by atoms with Crippen LogP contribution in [0, 0.1) is 12.3 Å². The molecule has 1 aromatic rings. The van der Waals surface area contributed by atoms with Crippen LogP contribution < -0.4 is 5.73 Å². The van der Waals surface area contributed by atoms with Gasteiger partial charge in [-0.2, -0.15) is 0 Å². The van der Waals surface area contributed by atoms with Crippen LogP contribution in [0.1, 0.15) is 24.0 Å². The van der Waals surface area contributed by atoms with Crippen molar-refractivity contribution in [2.24, 2.45) is 11.1 Å². The largest absolute Gasteiger partial charge is 0.330 e. The fraction of sp³-hybridized carbons (Fsp3) is 0.500. The molecule has 0 aliphatic heterocycles. The lowest BCUT2D eigenvalue weighted by Gasteiger charge is -2.12. The summed E-state index contributed by atoms with van der Waals surface area (Å²) >= 11 is 5.98. The van der Waals surface area contributed by atoms with Gasteiger partial charge >= 0.3 is 0 Å². The maximum Gasteiger partial charge on any atom is 0.0435 e. The number of hydrogen-bond acceptors (Lipinski definition) is 1. The van der Waals surface area contributed by atoms with Crippen LogP contribution >= 0.6 is 11.6 Å². The molecule has 0 unspecified atom stereocenters. The lowest BCUT2D eigenvalue weighted by atomic mass is 9.96. The SMILES string of the molecule is Cc1cc(CC2(CN)CC2)ccc1Cl. The third-order valence-corrected chi connectivity index (χ3v) is 3.62. The predicted octanol–water partition coefficient (Wildman–Crippen LogP) is 2.93. The third kappa shape index (κ3) is 1.94. The minimum absolute atomic E-state index is 0.417. The summed E-state index contributed by atoms with van der Waals surface area (Å²) in [5, 5.41) is 0.853. The first kappa shape index (κ1) is 10.0. The fourth-order valence-corrected chi connectivity index (χ4v) is 2.00. The highest BCUT2D eigenvalue weighted by molar-refractivity contribution is 6.31. The van der Waals surface area contributed by atoms with E-state index in [0.29, 0.717) is 5.41 Å². The van der Waals surface area contributed by atoms with Crippen molar-refractivity contribution in [2.45, 2.75) is 26.2 Å². The third-order valence-electron chi connectivity index (χ3n) is 3.19. The number of rotatable bonds is 3. The van der Waals surface area contributed by atoms with Crippen molar-refractivity contribution in [3.63, 3.8) is 0 Å². The lowest BCUT2D eigenvalue weighted by Crippen LogP contribution is -2.17. The van der Waals surface area contributed by atoms with E-state index in [1.165, 1.54) is 18.4 Å². The zero-order valence-corrected chi connectivity index (χ0v) is 9.27. The predicted molar refractivity (Wildman–Crippen MR) is 60.6 cm³/mol. The van der Waals surface area contributed by atoms with Crippen molar-refractivity contribution in [1.29, 1.82) is 0 Å². The second-order valence-electron chi connectivity index (χ2n) is 4.46. The molecule has 0 atom stereocenters. The Morgan fingerprint density at radius 2 is 2.14 bits per heavy atom. The molecule has 1 nitrogen and oxygen atoms in total. The highest BCUT2D eigenvalue weighted by Crippen LogP contribution is 2.47. The minimum Gasteiger partial charge on any atom is -0.330 e. The highest BCUT2D eigenvalue weighted by atomic mass is 35.5. The van der Waals surface area contributed by atoms with Gasteiger partial charge in [0.25, 0.3) is 0 Å². The van der Waals surface area contributed by atoms with Crippen molar-refractivity contribution >= 4 is 11.6 Å². The maximum absolute atomic E-state index is 5.98. The van der Waals surface area contributed by atoms with Gasteiger partial charge in [-0.3, -0.25) is 0 Å². The summed E-state index contributed by atoms with van der Waals surface area (Å²) in [4.78, 5) is 0. The quantitative estimate of drug-likeness (QED) is 0.814. The molecule has 1 aromatic carbocycles. The summed E-state index contributed by atoms with van der Waals surface area (Å²) in [5.41, 5.74) is 8.71. The Balaban J connectivity index is 2.14. The van der Waals surface area contributed by atoms with Crippen LogP contribution in [0.2, 0.25) is 5.02 Å². The number of benzene rings is 1. The Labute approximate surface area is 90.3 Å². The van der Waals surface area contributed by atoms with Gasteiger partial charge in [0.05, 0.1) is 0 Å². The molecule has 0 saturated heterocycles. The van der Waals surface area contributed by atoms with Crippen molar-refractivity contribution < 1.29 is 0 Å². The zero-order chi connectivity index (χ0) is 10.2. The van der Waals surface area contributed by atoms with E-state index in [4.69, 9.17) is 17.3 Å². The number of hydrogen-bond donors (Lipinski definition) is 1. The molecule has 2 heteroatoms. The fourth-order valence-electron chi connectivity index (χ4n) is 1.88. The van der Waals surface area contributed by atoms with Gasteiger partial charge < -0.3 is 5.73 Å². The molecular weight excluding hydrogens is 194 g/mol. The molecule has 0 heterocycles.